The molecule has 0 heterocycles. The molecule has 0 atom stereocenters. The number of rotatable bonds is 6. The van der Waals surface area contributed by atoms with Gasteiger partial charge in [-0.15, -0.1) is 0 Å². The van der Waals surface area contributed by atoms with Crippen LogP contribution in [-0.2, 0) is 4.74 Å². The SMILES string of the molecule is CCOc1cc(OCOC)ccc1C=O. The van der Waals surface area contributed by atoms with Crippen molar-refractivity contribution in [1.82, 2.24) is 0 Å². The molecule has 0 aromatic heterocycles. The highest BCUT2D eigenvalue weighted by atomic mass is 16.7. The Labute approximate surface area is 88.8 Å². The van der Waals surface area contributed by atoms with Crippen molar-refractivity contribution in [2.45, 2.75) is 6.92 Å². The van der Waals surface area contributed by atoms with Gasteiger partial charge in [0.25, 0.3) is 0 Å². The highest BCUT2D eigenvalue weighted by Crippen LogP contribution is 2.23. The van der Waals surface area contributed by atoms with Crippen molar-refractivity contribution in [3.63, 3.8) is 0 Å². The minimum atomic E-state index is 0.173. The van der Waals surface area contributed by atoms with Gasteiger partial charge in [-0.3, -0.25) is 4.79 Å². The van der Waals surface area contributed by atoms with Crippen molar-refractivity contribution < 1.29 is 19.0 Å². The Bertz CT molecular complexity index is 322. The van der Waals surface area contributed by atoms with E-state index < -0.39 is 0 Å². The average Bonchev–Trinajstić information content (AvgIpc) is 2.27. The molecule has 0 amide bonds. The third kappa shape index (κ3) is 3.25. The summed E-state index contributed by atoms with van der Waals surface area (Å²) in [4.78, 5) is 10.7. The predicted molar refractivity (Wildman–Crippen MR) is 55.5 cm³/mol. The maximum atomic E-state index is 10.7. The minimum absolute atomic E-state index is 0.173. The Hall–Kier alpha value is -1.55. The maximum Gasteiger partial charge on any atom is 0.188 e. The van der Waals surface area contributed by atoms with Crippen LogP contribution in [0.25, 0.3) is 0 Å². The first kappa shape index (κ1) is 11.5. The third-order valence-electron chi connectivity index (χ3n) is 1.76. The summed E-state index contributed by atoms with van der Waals surface area (Å²) in [5, 5.41) is 0. The molecule has 0 aliphatic carbocycles. The van der Waals surface area contributed by atoms with Crippen molar-refractivity contribution in [1.29, 1.82) is 0 Å². The van der Waals surface area contributed by atoms with Gasteiger partial charge in [-0.2, -0.15) is 0 Å². The molecule has 1 aromatic rings. The summed E-state index contributed by atoms with van der Waals surface area (Å²) in [6, 6.07) is 5.03. The number of carbonyl (C=O) groups excluding carboxylic acids is 1. The van der Waals surface area contributed by atoms with Crippen molar-refractivity contribution in [3.05, 3.63) is 23.8 Å². The Morgan fingerprint density at radius 3 is 2.73 bits per heavy atom. The first-order chi connectivity index (χ1) is 7.31. The second-order valence-corrected chi connectivity index (χ2v) is 2.80. The molecule has 0 saturated heterocycles. The van der Waals surface area contributed by atoms with E-state index in [1.807, 2.05) is 6.92 Å². The molecular formula is C11H14O4. The van der Waals surface area contributed by atoms with Crippen LogP contribution in [-0.4, -0.2) is 26.8 Å². The second-order valence-electron chi connectivity index (χ2n) is 2.80. The van der Waals surface area contributed by atoms with Gasteiger partial charge in [-0.25, -0.2) is 0 Å². The van der Waals surface area contributed by atoms with Crippen LogP contribution >= 0.6 is 0 Å². The van der Waals surface area contributed by atoms with Gasteiger partial charge in [0, 0.05) is 13.2 Å². The molecule has 4 heteroatoms. The van der Waals surface area contributed by atoms with Crippen LogP contribution in [0.4, 0.5) is 0 Å². The number of aldehydes is 1. The Morgan fingerprint density at radius 1 is 1.33 bits per heavy atom. The summed E-state index contributed by atoms with van der Waals surface area (Å²) in [6.45, 7) is 2.54. The summed E-state index contributed by atoms with van der Waals surface area (Å²) in [6.07, 6.45) is 0.755. The van der Waals surface area contributed by atoms with Gasteiger partial charge >= 0.3 is 0 Å². The molecule has 0 bridgehead atoms. The van der Waals surface area contributed by atoms with E-state index >= 15 is 0 Å². The lowest BCUT2D eigenvalue weighted by atomic mass is 10.2. The van der Waals surface area contributed by atoms with Crippen molar-refractivity contribution in [2.24, 2.45) is 0 Å². The van der Waals surface area contributed by atoms with E-state index in [-0.39, 0.29) is 6.79 Å². The van der Waals surface area contributed by atoms with E-state index in [0.29, 0.717) is 23.7 Å². The van der Waals surface area contributed by atoms with Crippen LogP contribution in [0.3, 0.4) is 0 Å². The zero-order chi connectivity index (χ0) is 11.1. The molecule has 0 saturated carbocycles. The van der Waals surface area contributed by atoms with Gasteiger partial charge in [0.15, 0.2) is 13.1 Å². The van der Waals surface area contributed by atoms with Gasteiger partial charge in [0.1, 0.15) is 11.5 Å². The molecule has 0 radical (unpaired) electrons. The molecule has 0 aliphatic rings. The number of ether oxygens (including phenoxy) is 3. The molecule has 0 spiro atoms. The van der Waals surface area contributed by atoms with Crippen LogP contribution in [0, 0.1) is 0 Å². The molecule has 0 N–H and O–H groups in total. The number of benzene rings is 1. The van der Waals surface area contributed by atoms with E-state index in [4.69, 9.17) is 14.2 Å². The zero-order valence-corrected chi connectivity index (χ0v) is 8.86. The molecule has 1 aromatic carbocycles. The summed E-state index contributed by atoms with van der Waals surface area (Å²) >= 11 is 0. The van der Waals surface area contributed by atoms with Gasteiger partial charge < -0.3 is 14.2 Å². The van der Waals surface area contributed by atoms with Crippen LogP contribution in [0.2, 0.25) is 0 Å². The first-order valence-electron chi connectivity index (χ1n) is 4.65. The Kier molecular flexibility index (Phi) is 4.63. The smallest absolute Gasteiger partial charge is 0.188 e. The van der Waals surface area contributed by atoms with Crippen molar-refractivity contribution in [2.75, 3.05) is 20.5 Å². The molecule has 1 rings (SSSR count). The Morgan fingerprint density at radius 2 is 2.13 bits per heavy atom. The Balaban J connectivity index is 2.83. The number of hydrogen-bond acceptors (Lipinski definition) is 4. The van der Waals surface area contributed by atoms with Crippen LogP contribution in [0.5, 0.6) is 11.5 Å². The lowest BCUT2D eigenvalue weighted by Crippen LogP contribution is -2.01. The van der Waals surface area contributed by atoms with Gasteiger partial charge in [-0.1, -0.05) is 0 Å². The fraction of sp³-hybridized carbons (Fsp3) is 0.364. The van der Waals surface area contributed by atoms with Gasteiger partial charge in [0.05, 0.1) is 12.2 Å². The third-order valence-corrected chi connectivity index (χ3v) is 1.76. The van der Waals surface area contributed by atoms with Crippen molar-refractivity contribution in [3.8, 4) is 11.5 Å². The monoisotopic (exact) mass is 210 g/mol. The van der Waals surface area contributed by atoms with Gasteiger partial charge in [-0.05, 0) is 19.1 Å². The van der Waals surface area contributed by atoms with Crippen LogP contribution in [0.15, 0.2) is 18.2 Å². The largest absolute Gasteiger partial charge is 0.493 e. The molecular weight excluding hydrogens is 196 g/mol. The van der Waals surface area contributed by atoms with E-state index in [1.165, 1.54) is 0 Å². The summed E-state index contributed by atoms with van der Waals surface area (Å²) < 4.78 is 15.3. The molecule has 0 unspecified atom stereocenters. The van der Waals surface area contributed by atoms with Crippen LogP contribution < -0.4 is 9.47 Å². The van der Waals surface area contributed by atoms with Crippen LogP contribution in [0.1, 0.15) is 17.3 Å². The fourth-order valence-corrected chi connectivity index (χ4v) is 1.11. The predicted octanol–water partition coefficient (Wildman–Crippen LogP) is 1.88. The molecule has 4 nitrogen and oxygen atoms in total. The van der Waals surface area contributed by atoms with E-state index in [1.54, 1.807) is 25.3 Å². The number of carbonyl (C=O) groups is 1. The normalized spacial score (nSPS) is 9.73. The quantitative estimate of drug-likeness (QED) is 0.531. The zero-order valence-electron chi connectivity index (χ0n) is 8.86. The second kappa shape index (κ2) is 6.03. The summed E-state index contributed by atoms with van der Waals surface area (Å²) in [5.74, 6) is 1.15. The highest BCUT2D eigenvalue weighted by Gasteiger charge is 2.04. The van der Waals surface area contributed by atoms with Crippen molar-refractivity contribution >= 4 is 6.29 Å². The average molecular weight is 210 g/mol. The number of methoxy groups -OCH3 is 1. The summed E-state index contributed by atoms with van der Waals surface area (Å²) in [7, 11) is 1.54. The lowest BCUT2D eigenvalue weighted by Gasteiger charge is -2.09. The molecule has 0 fully saturated rings. The first-order valence-corrected chi connectivity index (χ1v) is 4.65. The molecule has 82 valence electrons. The standard InChI is InChI=1S/C11H14O4/c1-3-14-11-6-10(15-8-13-2)5-4-9(11)7-12/h4-7H,3,8H2,1-2H3. The molecule has 0 aliphatic heterocycles. The maximum absolute atomic E-state index is 10.7. The highest BCUT2D eigenvalue weighted by molar-refractivity contribution is 5.79. The lowest BCUT2D eigenvalue weighted by molar-refractivity contribution is 0.0509. The minimum Gasteiger partial charge on any atom is -0.493 e. The van der Waals surface area contributed by atoms with Gasteiger partial charge in [0.2, 0.25) is 0 Å². The fourth-order valence-electron chi connectivity index (χ4n) is 1.11. The number of hydrogen-bond donors (Lipinski definition) is 0. The van der Waals surface area contributed by atoms with E-state index in [9.17, 15) is 4.79 Å². The summed E-state index contributed by atoms with van der Waals surface area (Å²) in [5.41, 5.74) is 0.515. The topological polar surface area (TPSA) is 44.8 Å². The molecule has 15 heavy (non-hydrogen) atoms. The van der Waals surface area contributed by atoms with E-state index in [0.717, 1.165) is 6.29 Å². The van der Waals surface area contributed by atoms with E-state index in [2.05, 4.69) is 0 Å².